The molecule has 1 aliphatic carbocycles. The maximum atomic E-state index is 12.5. The maximum Gasteiger partial charge on any atom is 0.190 e. The lowest BCUT2D eigenvalue weighted by Gasteiger charge is -2.14. The van der Waals surface area contributed by atoms with Gasteiger partial charge in [0, 0.05) is 10.5 Å². The van der Waals surface area contributed by atoms with Gasteiger partial charge < -0.3 is 0 Å². The Morgan fingerprint density at radius 1 is 1.26 bits per heavy atom. The van der Waals surface area contributed by atoms with E-state index in [4.69, 9.17) is 23.2 Å². The van der Waals surface area contributed by atoms with Crippen molar-refractivity contribution in [3.8, 4) is 0 Å². The van der Waals surface area contributed by atoms with E-state index in [1.54, 1.807) is 6.07 Å². The lowest BCUT2D eigenvalue weighted by Crippen LogP contribution is -2.10. The molecule has 1 saturated carbocycles. The highest BCUT2D eigenvalue weighted by Crippen LogP contribution is 2.37. The van der Waals surface area contributed by atoms with Crippen molar-refractivity contribution in [1.82, 2.24) is 0 Å². The third-order valence-corrected chi connectivity index (χ3v) is 5.43. The predicted molar refractivity (Wildman–Crippen MR) is 83.7 cm³/mol. The van der Waals surface area contributed by atoms with Gasteiger partial charge in [-0.25, -0.2) is 0 Å². The van der Waals surface area contributed by atoms with Crippen LogP contribution in [0.15, 0.2) is 29.2 Å². The molecule has 1 fully saturated rings. The maximum absolute atomic E-state index is 12.5. The van der Waals surface area contributed by atoms with Gasteiger partial charge in [-0.2, -0.15) is 0 Å². The molecule has 1 aromatic carbocycles. The zero-order valence-corrected chi connectivity index (χ0v) is 13.2. The van der Waals surface area contributed by atoms with Crippen molar-refractivity contribution in [3.05, 3.63) is 39.9 Å². The van der Waals surface area contributed by atoms with Crippen LogP contribution < -0.4 is 0 Å². The molecule has 1 aliphatic rings. The average molecular weight is 315 g/mol. The van der Waals surface area contributed by atoms with Crippen molar-refractivity contribution in [2.24, 2.45) is 5.92 Å². The minimum atomic E-state index is -0.0635. The topological polar surface area (TPSA) is 17.1 Å². The minimum Gasteiger partial charge on any atom is -0.289 e. The Hall–Kier alpha value is -0.440. The molecule has 4 heteroatoms. The van der Waals surface area contributed by atoms with Crippen LogP contribution >= 0.6 is 35.0 Å². The number of allylic oxidation sites excluding steroid dienone is 1. The summed E-state index contributed by atoms with van der Waals surface area (Å²) in [7, 11) is 0. The summed E-state index contributed by atoms with van der Waals surface area (Å²) in [6.07, 6.45) is 6.39. The largest absolute Gasteiger partial charge is 0.289 e. The summed E-state index contributed by atoms with van der Waals surface area (Å²) < 4.78 is 0. The van der Waals surface area contributed by atoms with Gasteiger partial charge in [0.2, 0.25) is 0 Å². The van der Waals surface area contributed by atoms with Crippen LogP contribution in [0.3, 0.4) is 0 Å². The molecule has 0 radical (unpaired) electrons. The Balaban J connectivity index is 2.28. The monoisotopic (exact) mass is 314 g/mol. The van der Waals surface area contributed by atoms with Crippen molar-refractivity contribution in [2.75, 3.05) is 6.26 Å². The van der Waals surface area contributed by atoms with Crippen molar-refractivity contribution in [2.45, 2.75) is 30.6 Å². The van der Waals surface area contributed by atoms with E-state index in [0.29, 0.717) is 27.1 Å². The van der Waals surface area contributed by atoms with E-state index >= 15 is 0 Å². The van der Waals surface area contributed by atoms with E-state index in [1.165, 1.54) is 24.6 Å². The van der Waals surface area contributed by atoms with Gasteiger partial charge >= 0.3 is 0 Å². The molecule has 0 amide bonds. The van der Waals surface area contributed by atoms with Crippen LogP contribution in [0.5, 0.6) is 0 Å². The predicted octanol–water partition coefficient (Wildman–Crippen LogP) is 5.64. The highest BCUT2D eigenvalue weighted by atomic mass is 35.5. The first kappa shape index (κ1) is 15.0. The van der Waals surface area contributed by atoms with Gasteiger partial charge in [0.15, 0.2) is 5.78 Å². The number of thioether (sulfide) groups is 1. The fourth-order valence-electron chi connectivity index (χ4n) is 2.50. The molecule has 0 spiro atoms. The molecule has 0 unspecified atom stereocenters. The average Bonchev–Trinajstić information content (AvgIpc) is 2.94. The Kier molecular flexibility index (Phi) is 4.99. The summed E-state index contributed by atoms with van der Waals surface area (Å²) in [5.41, 5.74) is 1.15. The Bertz CT molecular complexity index is 519. The van der Waals surface area contributed by atoms with E-state index in [2.05, 4.69) is 6.58 Å². The second kappa shape index (κ2) is 6.34. The number of benzene rings is 1. The smallest absolute Gasteiger partial charge is 0.190 e. The third-order valence-electron chi connectivity index (χ3n) is 3.65. The molecule has 0 N–H and O–H groups in total. The van der Waals surface area contributed by atoms with Crippen LogP contribution in [0.25, 0.3) is 0 Å². The molecule has 1 aromatic rings. The van der Waals surface area contributed by atoms with Gasteiger partial charge in [0.25, 0.3) is 0 Å². The summed E-state index contributed by atoms with van der Waals surface area (Å²) in [6.45, 7) is 3.97. The Labute approximate surface area is 128 Å². The summed E-state index contributed by atoms with van der Waals surface area (Å²) in [4.78, 5) is 13.3. The van der Waals surface area contributed by atoms with Crippen LogP contribution in [-0.2, 0) is 0 Å². The van der Waals surface area contributed by atoms with Crippen LogP contribution in [0.4, 0.5) is 0 Å². The molecule has 0 atom stereocenters. The minimum absolute atomic E-state index is 0.0635. The van der Waals surface area contributed by atoms with E-state index in [1.807, 2.05) is 12.3 Å². The van der Waals surface area contributed by atoms with Crippen molar-refractivity contribution < 1.29 is 4.79 Å². The van der Waals surface area contributed by atoms with Gasteiger partial charge in [-0.15, -0.1) is 11.8 Å². The van der Waals surface area contributed by atoms with Crippen molar-refractivity contribution in [3.63, 3.8) is 0 Å². The number of hydrogen-bond acceptors (Lipinski definition) is 2. The summed E-state index contributed by atoms with van der Waals surface area (Å²) in [5, 5.41) is 0.803. The number of ketones is 1. The lowest BCUT2D eigenvalue weighted by molar-refractivity contribution is 0.102. The number of Topliss-reactive ketones (excluding diaryl/α,β-unsaturated/α-hetero) is 1. The van der Waals surface area contributed by atoms with Gasteiger partial charge in [-0.1, -0.05) is 42.6 Å². The SMILES string of the molecule is C=C(C(=O)c1ccc(SC)c(Cl)c1Cl)C1CCCC1. The molecule has 0 aromatic heterocycles. The summed E-state index contributed by atoms with van der Waals surface area (Å²) in [6, 6.07) is 3.59. The summed E-state index contributed by atoms with van der Waals surface area (Å²) in [5.74, 6) is 0.244. The first-order chi connectivity index (χ1) is 9.06. The molecular weight excluding hydrogens is 299 g/mol. The number of rotatable bonds is 4. The van der Waals surface area contributed by atoms with Crippen LogP contribution in [0.2, 0.25) is 10.0 Å². The van der Waals surface area contributed by atoms with E-state index in [-0.39, 0.29) is 5.78 Å². The van der Waals surface area contributed by atoms with Gasteiger partial charge in [-0.3, -0.25) is 4.79 Å². The highest BCUT2D eigenvalue weighted by Gasteiger charge is 2.25. The van der Waals surface area contributed by atoms with Crippen molar-refractivity contribution in [1.29, 1.82) is 0 Å². The Morgan fingerprint density at radius 2 is 1.89 bits per heavy atom. The van der Waals surface area contributed by atoms with E-state index in [9.17, 15) is 4.79 Å². The molecule has 0 aliphatic heterocycles. The molecule has 1 nitrogen and oxygen atoms in total. The van der Waals surface area contributed by atoms with Gasteiger partial charge in [0.05, 0.1) is 10.0 Å². The summed E-state index contributed by atoms with van der Waals surface area (Å²) >= 11 is 13.9. The fourth-order valence-corrected chi connectivity index (χ4v) is 3.69. The fraction of sp³-hybridized carbons (Fsp3) is 0.400. The lowest BCUT2D eigenvalue weighted by atomic mass is 9.92. The zero-order chi connectivity index (χ0) is 14.0. The van der Waals surface area contributed by atoms with Gasteiger partial charge in [0.1, 0.15) is 0 Å². The Morgan fingerprint density at radius 3 is 2.47 bits per heavy atom. The number of hydrogen-bond donors (Lipinski definition) is 0. The van der Waals surface area contributed by atoms with Crippen LogP contribution in [0.1, 0.15) is 36.0 Å². The van der Waals surface area contributed by atoms with Crippen LogP contribution in [0, 0.1) is 5.92 Å². The number of carbonyl (C=O) groups excluding carboxylic acids is 1. The third kappa shape index (κ3) is 3.01. The quantitative estimate of drug-likeness (QED) is 0.406. The molecule has 2 rings (SSSR count). The molecular formula is C15H16Cl2OS. The zero-order valence-electron chi connectivity index (χ0n) is 10.8. The first-order valence-corrected chi connectivity index (χ1v) is 8.29. The van der Waals surface area contributed by atoms with Gasteiger partial charge in [-0.05, 0) is 42.7 Å². The normalized spacial score (nSPS) is 15.7. The second-order valence-electron chi connectivity index (χ2n) is 4.78. The van der Waals surface area contributed by atoms with Crippen LogP contribution in [-0.4, -0.2) is 12.0 Å². The molecule has 102 valence electrons. The molecule has 0 bridgehead atoms. The molecule has 0 saturated heterocycles. The molecule has 19 heavy (non-hydrogen) atoms. The highest BCUT2D eigenvalue weighted by molar-refractivity contribution is 7.98. The standard InChI is InChI=1S/C15H16Cl2OS/c1-9(10-5-3-4-6-10)15(18)11-7-8-12(19-2)14(17)13(11)16/h7-8,10H,1,3-6H2,2H3. The first-order valence-electron chi connectivity index (χ1n) is 6.31. The molecule has 0 heterocycles. The van der Waals surface area contributed by atoms with E-state index < -0.39 is 0 Å². The number of carbonyl (C=O) groups is 1. The van der Waals surface area contributed by atoms with E-state index in [0.717, 1.165) is 17.7 Å². The number of halogens is 2. The van der Waals surface area contributed by atoms with Crippen molar-refractivity contribution >= 4 is 40.7 Å². The second-order valence-corrected chi connectivity index (χ2v) is 6.38.